The SMILES string of the molecule is CC1(OCC(=O)NCc2ccc(C#N)cc2)CNC1. The number of carbonyl (C=O) groups is 1. The first-order chi connectivity index (χ1) is 9.11. The van der Waals surface area contributed by atoms with E-state index in [9.17, 15) is 4.79 Å². The largest absolute Gasteiger partial charge is 0.363 e. The molecule has 0 atom stereocenters. The van der Waals surface area contributed by atoms with Crippen LogP contribution in [0.2, 0.25) is 0 Å². The summed E-state index contributed by atoms with van der Waals surface area (Å²) >= 11 is 0. The van der Waals surface area contributed by atoms with Crippen molar-refractivity contribution in [3.8, 4) is 6.07 Å². The summed E-state index contributed by atoms with van der Waals surface area (Å²) in [6, 6.07) is 9.19. The molecule has 5 heteroatoms. The van der Waals surface area contributed by atoms with Crippen molar-refractivity contribution in [2.45, 2.75) is 19.1 Å². The number of hydrogen-bond donors (Lipinski definition) is 2. The summed E-state index contributed by atoms with van der Waals surface area (Å²) in [5, 5.41) is 14.6. The number of rotatable bonds is 5. The summed E-state index contributed by atoms with van der Waals surface area (Å²) in [7, 11) is 0. The average molecular weight is 259 g/mol. The van der Waals surface area contributed by atoms with Gasteiger partial charge in [0, 0.05) is 19.6 Å². The number of nitrogens with zero attached hydrogens (tertiary/aromatic N) is 1. The molecule has 100 valence electrons. The Morgan fingerprint density at radius 2 is 2.16 bits per heavy atom. The van der Waals surface area contributed by atoms with Crippen LogP contribution in [0.25, 0.3) is 0 Å². The minimum Gasteiger partial charge on any atom is -0.363 e. The third-order valence-corrected chi connectivity index (χ3v) is 3.12. The first-order valence-corrected chi connectivity index (χ1v) is 6.22. The van der Waals surface area contributed by atoms with Gasteiger partial charge >= 0.3 is 0 Å². The van der Waals surface area contributed by atoms with Gasteiger partial charge in [0.2, 0.25) is 5.91 Å². The molecule has 0 aromatic heterocycles. The minimum atomic E-state index is -0.203. The summed E-state index contributed by atoms with van der Waals surface area (Å²) in [6.45, 7) is 4.08. The summed E-state index contributed by atoms with van der Waals surface area (Å²) in [5.41, 5.74) is 1.37. The van der Waals surface area contributed by atoms with Gasteiger partial charge in [-0.1, -0.05) is 12.1 Å². The van der Waals surface area contributed by atoms with Crippen LogP contribution in [0.5, 0.6) is 0 Å². The highest BCUT2D eigenvalue weighted by atomic mass is 16.5. The first-order valence-electron chi connectivity index (χ1n) is 6.22. The second kappa shape index (κ2) is 5.83. The molecule has 1 aliphatic heterocycles. The lowest BCUT2D eigenvalue weighted by Gasteiger charge is -2.38. The van der Waals surface area contributed by atoms with Gasteiger partial charge in [0.05, 0.1) is 17.2 Å². The Bertz CT molecular complexity index is 486. The van der Waals surface area contributed by atoms with E-state index >= 15 is 0 Å². The molecule has 1 aromatic carbocycles. The smallest absolute Gasteiger partial charge is 0.246 e. The number of nitriles is 1. The molecular formula is C14H17N3O2. The number of carbonyl (C=O) groups excluding carboxylic acids is 1. The molecular weight excluding hydrogens is 242 g/mol. The zero-order valence-electron chi connectivity index (χ0n) is 10.9. The molecule has 5 nitrogen and oxygen atoms in total. The average Bonchev–Trinajstić information content (AvgIpc) is 2.41. The molecule has 1 aromatic rings. The normalized spacial score (nSPS) is 16.2. The third kappa shape index (κ3) is 3.78. The minimum absolute atomic E-state index is 0.0778. The highest BCUT2D eigenvalue weighted by molar-refractivity contribution is 5.77. The highest BCUT2D eigenvalue weighted by Crippen LogP contribution is 2.14. The molecule has 2 rings (SSSR count). The molecule has 2 N–H and O–H groups in total. The van der Waals surface area contributed by atoms with Crippen molar-refractivity contribution in [3.63, 3.8) is 0 Å². The Hall–Kier alpha value is -1.90. The monoisotopic (exact) mass is 259 g/mol. The van der Waals surface area contributed by atoms with Crippen molar-refractivity contribution < 1.29 is 9.53 Å². The molecule has 0 unspecified atom stereocenters. The van der Waals surface area contributed by atoms with Crippen LogP contribution in [0.4, 0.5) is 0 Å². The van der Waals surface area contributed by atoms with Crippen LogP contribution in [0, 0.1) is 11.3 Å². The van der Waals surface area contributed by atoms with Gasteiger partial charge < -0.3 is 15.4 Å². The van der Waals surface area contributed by atoms with Crippen LogP contribution in [0.1, 0.15) is 18.1 Å². The fraction of sp³-hybridized carbons (Fsp3) is 0.429. The Balaban J connectivity index is 1.72. The Kier molecular flexibility index (Phi) is 4.15. The standard InChI is InChI=1S/C14H17N3O2/c1-14(9-16-10-14)19-8-13(18)17-7-12-4-2-11(6-15)3-5-12/h2-5,16H,7-10H2,1H3,(H,17,18). The van der Waals surface area contributed by atoms with E-state index in [2.05, 4.69) is 16.7 Å². The second-order valence-corrected chi connectivity index (χ2v) is 4.93. The van der Waals surface area contributed by atoms with Crippen LogP contribution in [0.15, 0.2) is 24.3 Å². The fourth-order valence-electron chi connectivity index (χ4n) is 1.77. The Morgan fingerprint density at radius 3 is 2.68 bits per heavy atom. The van der Waals surface area contributed by atoms with Gasteiger partial charge in [0.25, 0.3) is 0 Å². The Labute approximate surface area is 112 Å². The van der Waals surface area contributed by atoms with Crippen LogP contribution < -0.4 is 10.6 Å². The number of nitrogens with one attached hydrogen (secondary N) is 2. The lowest BCUT2D eigenvalue weighted by atomic mass is 10.0. The van der Waals surface area contributed by atoms with Gasteiger partial charge in [-0.3, -0.25) is 4.79 Å². The van der Waals surface area contributed by atoms with E-state index in [-0.39, 0.29) is 18.1 Å². The molecule has 0 saturated carbocycles. The molecule has 1 heterocycles. The van der Waals surface area contributed by atoms with Crippen molar-refractivity contribution in [1.29, 1.82) is 5.26 Å². The maximum Gasteiger partial charge on any atom is 0.246 e. The van der Waals surface area contributed by atoms with Crippen LogP contribution >= 0.6 is 0 Å². The predicted molar refractivity (Wildman–Crippen MR) is 70.2 cm³/mol. The molecule has 0 aliphatic carbocycles. The lowest BCUT2D eigenvalue weighted by molar-refractivity contribution is -0.136. The van der Waals surface area contributed by atoms with Crippen molar-refractivity contribution in [3.05, 3.63) is 35.4 Å². The highest BCUT2D eigenvalue weighted by Gasteiger charge is 2.32. The molecule has 1 amide bonds. The van der Waals surface area contributed by atoms with E-state index in [1.54, 1.807) is 12.1 Å². The maximum absolute atomic E-state index is 11.6. The number of hydrogen-bond acceptors (Lipinski definition) is 4. The van der Waals surface area contributed by atoms with Crippen molar-refractivity contribution in [2.75, 3.05) is 19.7 Å². The number of ether oxygens (including phenoxy) is 1. The molecule has 0 bridgehead atoms. The van der Waals surface area contributed by atoms with E-state index in [4.69, 9.17) is 10.00 Å². The van der Waals surface area contributed by atoms with Gasteiger partial charge in [-0.2, -0.15) is 5.26 Å². The van der Waals surface area contributed by atoms with Crippen LogP contribution in [-0.2, 0) is 16.1 Å². The molecule has 1 saturated heterocycles. The van der Waals surface area contributed by atoms with Gasteiger partial charge in [0.1, 0.15) is 6.61 Å². The molecule has 1 aliphatic rings. The number of amides is 1. The van der Waals surface area contributed by atoms with Crippen LogP contribution in [-0.4, -0.2) is 31.2 Å². The summed E-state index contributed by atoms with van der Waals surface area (Å²) in [6.07, 6.45) is 0. The molecule has 0 radical (unpaired) electrons. The van der Waals surface area contributed by atoms with E-state index in [0.717, 1.165) is 18.7 Å². The second-order valence-electron chi connectivity index (χ2n) is 4.93. The zero-order chi connectivity index (χ0) is 13.7. The lowest BCUT2D eigenvalue weighted by Crippen LogP contribution is -2.59. The maximum atomic E-state index is 11.6. The summed E-state index contributed by atoms with van der Waals surface area (Å²) in [4.78, 5) is 11.6. The van der Waals surface area contributed by atoms with Gasteiger partial charge in [0.15, 0.2) is 0 Å². The predicted octanol–water partition coefficient (Wildman–Crippen LogP) is 0.553. The first kappa shape index (κ1) is 13.5. The van der Waals surface area contributed by atoms with E-state index in [0.29, 0.717) is 12.1 Å². The fourth-order valence-corrected chi connectivity index (χ4v) is 1.77. The summed E-state index contributed by atoms with van der Waals surface area (Å²) < 4.78 is 5.53. The quantitative estimate of drug-likeness (QED) is 0.810. The van der Waals surface area contributed by atoms with Crippen molar-refractivity contribution in [1.82, 2.24) is 10.6 Å². The van der Waals surface area contributed by atoms with Gasteiger partial charge in [-0.15, -0.1) is 0 Å². The molecule has 1 fully saturated rings. The van der Waals surface area contributed by atoms with E-state index in [1.165, 1.54) is 0 Å². The third-order valence-electron chi connectivity index (χ3n) is 3.12. The topological polar surface area (TPSA) is 74.1 Å². The number of benzene rings is 1. The van der Waals surface area contributed by atoms with Gasteiger partial charge in [-0.05, 0) is 24.6 Å². The summed E-state index contributed by atoms with van der Waals surface area (Å²) in [5.74, 6) is -0.127. The van der Waals surface area contributed by atoms with Crippen molar-refractivity contribution in [2.24, 2.45) is 0 Å². The van der Waals surface area contributed by atoms with Crippen LogP contribution in [0.3, 0.4) is 0 Å². The molecule has 19 heavy (non-hydrogen) atoms. The zero-order valence-corrected chi connectivity index (χ0v) is 10.9. The Morgan fingerprint density at radius 1 is 1.47 bits per heavy atom. The molecule has 0 spiro atoms. The van der Waals surface area contributed by atoms with Crippen molar-refractivity contribution >= 4 is 5.91 Å². The van der Waals surface area contributed by atoms with Gasteiger partial charge in [-0.25, -0.2) is 0 Å². The van der Waals surface area contributed by atoms with E-state index < -0.39 is 0 Å². The van der Waals surface area contributed by atoms with E-state index in [1.807, 2.05) is 19.1 Å².